The van der Waals surface area contributed by atoms with Gasteiger partial charge in [0.2, 0.25) is 0 Å². The lowest BCUT2D eigenvalue weighted by molar-refractivity contribution is 0.253. The van der Waals surface area contributed by atoms with E-state index >= 15 is 0 Å². The van der Waals surface area contributed by atoms with E-state index in [1.54, 1.807) is 24.3 Å². The maximum Gasteiger partial charge on any atom is 0.320 e. The molecule has 0 saturated heterocycles. The highest BCUT2D eigenvalue weighted by molar-refractivity contribution is 5.89. The van der Waals surface area contributed by atoms with E-state index in [2.05, 4.69) is 10.6 Å². The Morgan fingerprint density at radius 2 is 1.70 bits per heavy atom. The molecule has 2 rings (SSSR count). The Balaban J connectivity index is 1.93. The third-order valence-electron chi connectivity index (χ3n) is 2.42. The van der Waals surface area contributed by atoms with Gasteiger partial charge in [-0.25, -0.2) is 4.79 Å². The summed E-state index contributed by atoms with van der Waals surface area (Å²) in [6.45, 7) is -0.0268. The number of carbonyl (C=O) groups excluding carboxylic acids is 1. The van der Waals surface area contributed by atoms with Gasteiger partial charge in [-0.1, -0.05) is 18.2 Å². The van der Waals surface area contributed by atoms with Gasteiger partial charge < -0.3 is 15.4 Å². The summed E-state index contributed by atoms with van der Waals surface area (Å²) in [7, 11) is 0. The van der Waals surface area contributed by atoms with Crippen LogP contribution in [0.4, 0.5) is 10.5 Å². The smallest absolute Gasteiger partial charge is 0.320 e. The normalized spacial score (nSPS) is 9.35. The zero-order valence-electron chi connectivity index (χ0n) is 10.7. The van der Waals surface area contributed by atoms with E-state index in [-0.39, 0.29) is 6.54 Å². The van der Waals surface area contributed by atoms with E-state index in [9.17, 15) is 4.79 Å². The quantitative estimate of drug-likeness (QED) is 0.836. The average molecular weight is 267 g/mol. The molecule has 0 fully saturated rings. The van der Waals surface area contributed by atoms with E-state index in [4.69, 9.17) is 10.00 Å². The molecule has 2 N–H and O–H groups in total. The van der Waals surface area contributed by atoms with Gasteiger partial charge in [0.25, 0.3) is 0 Å². The Morgan fingerprint density at radius 3 is 2.35 bits per heavy atom. The van der Waals surface area contributed by atoms with Crippen LogP contribution in [0.25, 0.3) is 0 Å². The predicted molar refractivity (Wildman–Crippen MR) is 75.6 cm³/mol. The van der Waals surface area contributed by atoms with Crippen molar-refractivity contribution in [1.82, 2.24) is 5.32 Å². The first-order valence-corrected chi connectivity index (χ1v) is 6.03. The monoisotopic (exact) mass is 267 g/mol. The van der Waals surface area contributed by atoms with Crippen molar-refractivity contribution in [3.05, 3.63) is 54.6 Å². The molecule has 0 unspecified atom stereocenters. The Bertz CT molecular complexity index is 603. The fourth-order valence-electron chi connectivity index (χ4n) is 1.53. The summed E-state index contributed by atoms with van der Waals surface area (Å²) in [5, 5.41) is 13.4. The van der Waals surface area contributed by atoms with Crippen molar-refractivity contribution in [2.45, 2.75) is 0 Å². The second-order valence-corrected chi connectivity index (χ2v) is 3.91. The first-order valence-electron chi connectivity index (χ1n) is 6.03. The van der Waals surface area contributed by atoms with Crippen LogP contribution >= 0.6 is 0 Å². The molecule has 0 radical (unpaired) electrons. The molecule has 100 valence electrons. The molecule has 0 spiro atoms. The Labute approximate surface area is 116 Å². The van der Waals surface area contributed by atoms with Gasteiger partial charge in [0, 0.05) is 5.69 Å². The van der Waals surface area contributed by atoms with Crippen LogP contribution < -0.4 is 15.4 Å². The fourth-order valence-corrected chi connectivity index (χ4v) is 1.53. The lowest BCUT2D eigenvalue weighted by Crippen LogP contribution is -2.28. The molecule has 0 aromatic heterocycles. The van der Waals surface area contributed by atoms with Crippen molar-refractivity contribution in [2.24, 2.45) is 0 Å². The second-order valence-electron chi connectivity index (χ2n) is 3.91. The van der Waals surface area contributed by atoms with Crippen molar-refractivity contribution in [2.75, 3.05) is 11.9 Å². The molecule has 0 heterocycles. The summed E-state index contributed by atoms with van der Waals surface area (Å²) >= 11 is 0. The SMILES string of the molecule is N#CCNC(=O)Nc1ccc(Oc2ccccc2)cc1. The number of anilines is 1. The number of para-hydroxylation sites is 1. The van der Waals surface area contributed by atoms with E-state index in [1.165, 1.54) is 0 Å². The van der Waals surface area contributed by atoms with E-state index in [0.717, 1.165) is 5.75 Å². The van der Waals surface area contributed by atoms with Crippen molar-refractivity contribution in [1.29, 1.82) is 5.26 Å². The van der Waals surface area contributed by atoms with Gasteiger partial charge >= 0.3 is 6.03 Å². The minimum absolute atomic E-state index is 0.0268. The minimum Gasteiger partial charge on any atom is -0.457 e. The number of nitriles is 1. The first-order chi connectivity index (χ1) is 9.78. The molecule has 5 nitrogen and oxygen atoms in total. The van der Waals surface area contributed by atoms with Crippen molar-refractivity contribution < 1.29 is 9.53 Å². The molecule has 0 atom stereocenters. The second kappa shape index (κ2) is 6.81. The molecule has 5 heteroatoms. The van der Waals surface area contributed by atoms with Crippen LogP contribution in [0.2, 0.25) is 0 Å². The van der Waals surface area contributed by atoms with Crippen LogP contribution in [0, 0.1) is 11.3 Å². The highest BCUT2D eigenvalue weighted by atomic mass is 16.5. The number of nitrogens with one attached hydrogen (secondary N) is 2. The van der Waals surface area contributed by atoms with Crippen molar-refractivity contribution >= 4 is 11.7 Å². The summed E-state index contributed by atoms with van der Waals surface area (Å²) in [6.07, 6.45) is 0. The highest BCUT2D eigenvalue weighted by Crippen LogP contribution is 2.22. The van der Waals surface area contributed by atoms with Crippen LogP contribution in [0.15, 0.2) is 54.6 Å². The third kappa shape index (κ3) is 4.03. The van der Waals surface area contributed by atoms with Crippen LogP contribution in [-0.2, 0) is 0 Å². The number of benzene rings is 2. The summed E-state index contributed by atoms with van der Waals surface area (Å²) in [5.41, 5.74) is 0.626. The lowest BCUT2D eigenvalue weighted by atomic mass is 10.3. The van der Waals surface area contributed by atoms with Gasteiger partial charge in [-0.15, -0.1) is 0 Å². The third-order valence-corrected chi connectivity index (χ3v) is 2.42. The Hall–Kier alpha value is -3.00. The number of carbonyl (C=O) groups is 1. The van der Waals surface area contributed by atoms with Crippen molar-refractivity contribution in [3.8, 4) is 17.6 Å². The Morgan fingerprint density at radius 1 is 1.05 bits per heavy atom. The molecule has 20 heavy (non-hydrogen) atoms. The standard InChI is InChI=1S/C15H13N3O2/c16-10-11-17-15(19)18-12-6-8-14(9-7-12)20-13-4-2-1-3-5-13/h1-9H,11H2,(H2,17,18,19). The number of hydrogen-bond acceptors (Lipinski definition) is 3. The zero-order chi connectivity index (χ0) is 14.2. The average Bonchev–Trinajstić information content (AvgIpc) is 2.48. The number of ether oxygens (including phenoxy) is 1. The predicted octanol–water partition coefficient (Wildman–Crippen LogP) is 3.12. The van der Waals surface area contributed by atoms with Crippen LogP contribution in [-0.4, -0.2) is 12.6 Å². The maximum absolute atomic E-state index is 11.3. The highest BCUT2D eigenvalue weighted by Gasteiger charge is 2.01. The zero-order valence-corrected chi connectivity index (χ0v) is 10.7. The fraction of sp³-hybridized carbons (Fsp3) is 0.0667. The number of hydrogen-bond donors (Lipinski definition) is 2. The molecule has 2 aromatic carbocycles. The molecule has 2 aromatic rings. The molecular weight excluding hydrogens is 254 g/mol. The van der Waals surface area contributed by atoms with Gasteiger partial charge in [-0.05, 0) is 36.4 Å². The largest absolute Gasteiger partial charge is 0.457 e. The van der Waals surface area contributed by atoms with Gasteiger partial charge in [-0.3, -0.25) is 0 Å². The first kappa shape index (κ1) is 13.4. The summed E-state index contributed by atoms with van der Waals surface area (Å²) < 4.78 is 5.63. The molecule has 2 amide bonds. The van der Waals surface area contributed by atoms with E-state index < -0.39 is 6.03 Å². The van der Waals surface area contributed by atoms with Gasteiger partial charge in [0.05, 0.1) is 6.07 Å². The Kier molecular flexibility index (Phi) is 4.57. The maximum atomic E-state index is 11.3. The molecule has 0 aliphatic heterocycles. The number of urea groups is 1. The summed E-state index contributed by atoms with van der Waals surface area (Å²) in [6, 6.07) is 17.8. The molecule has 0 aliphatic rings. The van der Waals surface area contributed by atoms with Crippen LogP contribution in [0.3, 0.4) is 0 Å². The number of rotatable bonds is 4. The minimum atomic E-state index is -0.414. The topological polar surface area (TPSA) is 74.2 Å². The van der Waals surface area contributed by atoms with Gasteiger partial charge in [-0.2, -0.15) is 5.26 Å². The number of nitrogens with zero attached hydrogens (tertiary/aromatic N) is 1. The van der Waals surface area contributed by atoms with E-state index in [1.807, 2.05) is 36.4 Å². The van der Waals surface area contributed by atoms with Gasteiger partial charge in [0.15, 0.2) is 0 Å². The van der Waals surface area contributed by atoms with Crippen molar-refractivity contribution in [3.63, 3.8) is 0 Å². The number of amides is 2. The molecule has 0 bridgehead atoms. The van der Waals surface area contributed by atoms with E-state index in [0.29, 0.717) is 11.4 Å². The lowest BCUT2D eigenvalue weighted by Gasteiger charge is -2.08. The summed E-state index contributed by atoms with van der Waals surface area (Å²) in [5.74, 6) is 1.43. The van der Waals surface area contributed by atoms with Crippen LogP contribution in [0.1, 0.15) is 0 Å². The summed E-state index contributed by atoms with van der Waals surface area (Å²) in [4.78, 5) is 11.3. The molecular formula is C15H13N3O2. The van der Waals surface area contributed by atoms with Crippen LogP contribution in [0.5, 0.6) is 11.5 Å². The molecule has 0 saturated carbocycles. The van der Waals surface area contributed by atoms with Gasteiger partial charge in [0.1, 0.15) is 18.0 Å². The molecule has 0 aliphatic carbocycles.